The third-order valence-electron chi connectivity index (χ3n) is 3.34. The van der Waals surface area contributed by atoms with Crippen LogP contribution in [0.25, 0.3) is 0 Å². The van der Waals surface area contributed by atoms with Crippen LogP contribution in [0.4, 0.5) is 5.69 Å². The van der Waals surface area contributed by atoms with Gasteiger partial charge in [0.2, 0.25) is 5.91 Å². The van der Waals surface area contributed by atoms with Crippen molar-refractivity contribution in [3.05, 3.63) is 65.2 Å². The number of amides is 1. The fourth-order valence-corrected chi connectivity index (χ4v) is 2.43. The lowest BCUT2D eigenvalue weighted by Gasteiger charge is -2.07. The molecule has 0 aliphatic heterocycles. The van der Waals surface area contributed by atoms with E-state index in [0.29, 0.717) is 12.3 Å². The summed E-state index contributed by atoms with van der Waals surface area (Å²) in [5.41, 5.74) is 4.44. The van der Waals surface area contributed by atoms with Gasteiger partial charge in [0.15, 0.2) is 0 Å². The van der Waals surface area contributed by atoms with Gasteiger partial charge >= 0.3 is 0 Å². The molecule has 0 aliphatic rings. The molecule has 21 heavy (non-hydrogen) atoms. The summed E-state index contributed by atoms with van der Waals surface area (Å²) in [6.45, 7) is 2.06. The van der Waals surface area contributed by atoms with E-state index >= 15 is 0 Å². The highest BCUT2D eigenvalue weighted by atomic mass is 35.5. The summed E-state index contributed by atoms with van der Waals surface area (Å²) in [5, 5.41) is 2.92. The monoisotopic (exact) mass is 301 g/mol. The van der Waals surface area contributed by atoms with Gasteiger partial charge in [-0.15, -0.1) is 11.6 Å². The Balaban J connectivity index is 1.84. The zero-order chi connectivity index (χ0) is 15.1. The molecule has 0 spiro atoms. The minimum absolute atomic E-state index is 0.0431. The molecule has 0 radical (unpaired) electrons. The largest absolute Gasteiger partial charge is 0.326 e. The molecule has 0 aliphatic carbocycles. The molecule has 3 heteroatoms. The maximum atomic E-state index is 11.9. The average molecular weight is 302 g/mol. The highest BCUT2D eigenvalue weighted by molar-refractivity contribution is 6.17. The molecule has 2 rings (SSSR count). The lowest BCUT2D eigenvalue weighted by Crippen LogP contribution is -2.12. The number of carbonyl (C=O) groups excluding carboxylic acids is 1. The molecule has 1 amide bonds. The van der Waals surface area contributed by atoms with Crippen molar-refractivity contribution in [2.24, 2.45) is 0 Å². The van der Waals surface area contributed by atoms with Crippen LogP contribution in [0, 0.1) is 6.92 Å². The fraction of sp³-hybridized carbons (Fsp3) is 0.278. The lowest BCUT2D eigenvalue weighted by atomic mass is 10.1. The molecule has 2 aromatic carbocycles. The molecule has 0 saturated heterocycles. The van der Waals surface area contributed by atoms with E-state index in [4.69, 9.17) is 11.6 Å². The third-order valence-corrected chi connectivity index (χ3v) is 3.53. The van der Waals surface area contributed by atoms with Crippen LogP contribution in [0.2, 0.25) is 0 Å². The maximum Gasteiger partial charge on any atom is 0.224 e. The Hall–Kier alpha value is -1.80. The van der Waals surface area contributed by atoms with Crippen LogP contribution < -0.4 is 5.32 Å². The Bertz CT molecular complexity index is 592. The first kappa shape index (κ1) is 15.6. The van der Waals surface area contributed by atoms with Gasteiger partial charge < -0.3 is 5.32 Å². The van der Waals surface area contributed by atoms with Crippen molar-refractivity contribution >= 4 is 23.2 Å². The van der Waals surface area contributed by atoms with Gasteiger partial charge in [-0.2, -0.15) is 0 Å². The topological polar surface area (TPSA) is 29.1 Å². The second-order valence-electron chi connectivity index (χ2n) is 5.17. The van der Waals surface area contributed by atoms with Gasteiger partial charge in [-0.1, -0.05) is 42.0 Å². The number of hydrogen-bond acceptors (Lipinski definition) is 1. The number of hydrogen-bond donors (Lipinski definition) is 1. The van der Waals surface area contributed by atoms with Crippen LogP contribution in [0.5, 0.6) is 0 Å². The second kappa shape index (κ2) is 7.84. The highest BCUT2D eigenvalue weighted by Crippen LogP contribution is 2.12. The fourth-order valence-electron chi connectivity index (χ4n) is 2.21. The lowest BCUT2D eigenvalue weighted by molar-refractivity contribution is -0.116. The SMILES string of the molecule is Cc1cccc(CCC(=O)Nc2ccc(CCCl)cc2)c1. The van der Waals surface area contributed by atoms with Gasteiger partial charge in [-0.3, -0.25) is 4.79 Å². The Morgan fingerprint density at radius 3 is 2.48 bits per heavy atom. The minimum atomic E-state index is 0.0431. The van der Waals surface area contributed by atoms with E-state index in [0.717, 1.165) is 18.5 Å². The zero-order valence-corrected chi connectivity index (χ0v) is 13.0. The number of carbonyl (C=O) groups is 1. The predicted octanol–water partition coefficient (Wildman–Crippen LogP) is 4.35. The number of aryl methyl sites for hydroxylation is 3. The first-order valence-corrected chi connectivity index (χ1v) is 7.71. The van der Waals surface area contributed by atoms with Gasteiger partial charge in [0.1, 0.15) is 0 Å². The summed E-state index contributed by atoms with van der Waals surface area (Å²) in [6.07, 6.45) is 2.11. The number of benzene rings is 2. The molecule has 0 fully saturated rings. The summed E-state index contributed by atoms with van der Waals surface area (Å²) in [6, 6.07) is 16.1. The number of anilines is 1. The normalized spacial score (nSPS) is 10.4. The molecule has 2 aromatic rings. The van der Waals surface area contributed by atoms with Gasteiger partial charge in [0.05, 0.1) is 0 Å². The van der Waals surface area contributed by atoms with E-state index in [1.54, 1.807) is 0 Å². The molecule has 0 bridgehead atoms. The quantitative estimate of drug-likeness (QED) is 0.790. The van der Waals surface area contributed by atoms with Gasteiger partial charge in [-0.25, -0.2) is 0 Å². The Morgan fingerprint density at radius 1 is 1.05 bits per heavy atom. The van der Waals surface area contributed by atoms with Crippen molar-refractivity contribution in [2.75, 3.05) is 11.2 Å². The van der Waals surface area contributed by atoms with Crippen molar-refractivity contribution in [3.8, 4) is 0 Å². The summed E-state index contributed by atoms with van der Waals surface area (Å²) in [7, 11) is 0. The number of nitrogens with one attached hydrogen (secondary N) is 1. The molecule has 0 atom stereocenters. The van der Waals surface area contributed by atoms with E-state index in [2.05, 4.69) is 30.4 Å². The Labute approximate surface area is 131 Å². The third kappa shape index (κ3) is 5.24. The molecule has 0 heterocycles. The first-order chi connectivity index (χ1) is 10.2. The van der Waals surface area contributed by atoms with Crippen LogP contribution >= 0.6 is 11.6 Å². The van der Waals surface area contributed by atoms with Crippen molar-refractivity contribution in [1.82, 2.24) is 0 Å². The highest BCUT2D eigenvalue weighted by Gasteiger charge is 2.03. The zero-order valence-electron chi connectivity index (χ0n) is 12.2. The molecule has 1 N–H and O–H groups in total. The first-order valence-electron chi connectivity index (χ1n) is 7.17. The maximum absolute atomic E-state index is 11.9. The van der Waals surface area contributed by atoms with Gasteiger partial charge in [0.25, 0.3) is 0 Å². The van der Waals surface area contributed by atoms with E-state index in [1.807, 2.05) is 30.3 Å². The van der Waals surface area contributed by atoms with Crippen LogP contribution in [0.3, 0.4) is 0 Å². The standard InChI is InChI=1S/C18H20ClNO/c1-14-3-2-4-16(13-14)7-10-18(21)20-17-8-5-15(6-9-17)11-12-19/h2-6,8-9,13H,7,10-12H2,1H3,(H,20,21). The van der Waals surface area contributed by atoms with Crippen molar-refractivity contribution in [2.45, 2.75) is 26.2 Å². The van der Waals surface area contributed by atoms with E-state index < -0.39 is 0 Å². The van der Waals surface area contributed by atoms with Crippen molar-refractivity contribution in [1.29, 1.82) is 0 Å². The molecule has 0 unspecified atom stereocenters. The molecule has 0 saturated carbocycles. The summed E-state index contributed by atoms with van der Waals surface area (Å²) < 4.78 is 0. The van der Waals surface area contributed by atoms with Crippen LogP contribution in [-0.2, 0) is 17.6 Å². The summed E-state index contributed by atoms with van der Waals surface area (Å²) in [4.78, 5) is 11.9. The molecular formula is C18H20ClNO. The molecule has 0 aromatic heterocycles. The summed E-state index contributed by atoms with van der Waals surface area (Å²) in [5.74, 6) is 0.656. The Kier molecular flexibility index (Phi) is 5.82. The smallest absolute Gasteiger partial charge is 0.224 e. The molecular weight excluding hydrogens is 282 g/mol. The summed E-state index contributed by atoms with van der Waals surface area (Å²) >= 11 is 5.70. The van der Waals surface area contributed by atoms with Crippen molar-refractivity contribution < 1.29 is 4.79 Å². The van der Waals surface area contributed by atoms with E-state index in [9.17, 15) is 4.79 Å². The van der Waals surface area contributed by atoms with Gasteiger partial charge in [-0.05, 0) is 43.0 Å². The van der Waals surface area contributed by atoms with E-state index in [1.165, 1.54) is 16.7 Å². The van der Waals surface area contributed by atoms with Gasteiger partial charge in [0, 0.05) is 18.0 Å². The predicted molar refractivity (Wildman–Crippen MR) is 89.0 cm³/mol. The van der Waals surface area contributed by atoms with Crippen molar-refractivity contribution in [3.63, 3.8) is 0 Å². The molecule has 2 nitrogen and oxygen atoms in total. The van der Waals surface area contributed by atoms with E-state index in [-0.39, 0.29) is 5.91 Å². The minimum Gasteiger partial charge on any atom is -0.326 e. The number of rotatable bonds is 6. The molecule has 110 valence electrons. The average Bonchev–Trinajstić information content (AvgIpc) is 2.48. The number of halogens is 1. The number of alkyl halides is 1. The second-order valence-corrected chi connectivity index (χ2v) is 5.55. The van der Waals surface area contributed by atoms with Crippen LogP contribution in [-0.4, -0.2) is 11.8 Å². The van der Waals surface area contributed by atoms with Crippen LogP contribution in [0.1, 0.15) is 23.1 Å². The Morgan fingerprint density at radius 2 is 1.81 bits per heavy atom. The van der Waals surface area contributed by atoms with Crippen LogP contribution in [0.15, 0.2) is 48.5 Å².